The third-order valence-electron chi connectivity index (χ3n) is 5.49. The Kier molecular flexibility index (Phi) is 2.60. The van der Waals surface area contributed by atoms with E-state index in [0.29, 0.717) is 16.9 Å². The van der Waals surface area contributed by atoms with Gasteiger partial charge in [-0.2, -0.15) is 5.43 Å². The monoisotopic (exact) mass is 303 g/mol. The largest absolute Gasteiger partial charge is 0.461 e. The molecule has 22 heavy (non-hydrogen) atoms. The van der Waals surface area contributed by atoms with Crippen molar-refractivity contribution < 1.29 is 13.6 Å². The molecule has 1 spiro atoms. The van der Waals surface area contributed by atoms with E-state index in [0.717, 1.165) is 24.3 Å². The van der Waals surface area contributed by atoms with Crippen LogP contribution in [0.25, 0.3) is 11.0 Å². The molecule has 4 fully saturated rings. The lowest BCUT2D eigenvalue weighted by molar-refractivity contribution is -0.153. The molecule has 2 bridgehead atoms. The van der Waals surface area contributed by atoms with Gasteiger partial charge in [0.15, 0.2) is 11.5 Å². The van der Waals surface area contributed by atoms with Crippen LogP contribution in [-0.2, 0) is 4.84 Å². The van der Waals surface area contributed by atoms with E-state index in [1.54, 1.807) is 17.3 Å². The average Bonchev–Trinajstić information content (AvgIpc) is 3.13. The van der Waals surface area contributed by atoms with Crippen LogP contribution in [-0.4, -0.2) is 5.72 Å². The summed E-state index contributed by atoms with van der Waals surface area (Å²) in [5.41, 5.74) is 7.49. The minimum Gasteiger partial charge on any atom is -0.461 e. The maximum absolute atomic E-state index is 13.7. The van der Waals surface area contributed by atoms with Crippen LogP contribution in [0.1, 0.15) is 32.1 Å². The minimum atomic E-state index is -0.344. The predicted molar refractivity (Wildman–Crippen MR) is 78.8 cm³/mol. The second kappa shape index (κ2) is 4.44. The van der Waals surface area contributed by atoms with E-state index >= 15 is 0 Å². The molecule has 6 heteroatoms. The summed E-state index contributed by atoms with van der Waals surface area (Å²) in [4.78, 5) is 5.95. The third-order valence-corrected chi connectivity index (χ3v) is 5.49. The van der Waals surface area contributed by atoms with Crippen molar-refractivity contribution in [3.8, 4) is 0 Å². The molecule has 0 unspecified atom stereocenters. The van der Waals surface area contributed by atoms with Gasteiger partial charge in [-0.1, -0.05) is 5.59 Å². The van der Waals surface area contributed by atoms with Gasteiger partial charge < -0.3 is 4.42 Å². The Balaban J connectivity index is 1.45. The highest BCUT2D eigenvalue weighted by molar-refractivity contribution is 5.81. The molecule has 1 aromatic carbocycles. The lowest BCUT2D eigenvalue weighted by Crippen LogP contribution is -2.57. The Morgan fingerprint density at radius 1 is 1.23 bits per heavy atom. The molecular weight excluding hydrogens is 285 g/mol. The van der Waals surface area contributed by atoms with E-state index in [-0.39, 0.29) is 11.5 Å². The fraction of sp³-hybridized carbons (Fsp3) is 0.500. The number of rotatable bonds is 1. The number of furan rings is 1. The topological polar surface area (TPSA) is 49.7 Å². The van der Waals surface area contributed by atoms with Crippen molar-refractivity contribution in [1.29, 1.82) is 0 Å². The molecule has 2 heterocycles. The molecular formula is C16H18FN3O2. The van der Waals surface area contributed by atoms with Crippen LogP contribution in [0.4, 0.5) is 10.1 Å². The second-order valence-electron chi connectivity index (χ2n) is 6.72. The number of hydrazine groups is 2. The number of fused-ring (bicyclic) bond motifs is 3. The fourth-order valence-corrected chi connectivity index (χ4v) is 4.29. The molecule has 3 saturated carbocycles. The first-order valence-electron chi connectivity index (χ1n) is 7.92. The highest BCUT2D eigenvalue weighted by Crippen LogP contribution is 2.49. The lowest BCUT2D eigenvalue weighted by atomic mass is 9.66. The quantitative estimate of drug-likeness (QED) is 0.847. The smallest absolute Gasteiger partial charge is 0.169 e. The second-order valence-corrected chi connectivity index (χ2v) is 6.72. The Hall–Kier alpha value is -1.63. The maximum Gasteiger partial charge on any atom is 0.169 e. The fourth-order valence-electron chi connectivity index (χ4n) is 4.29. The zero-order valence-corrected chi connectivity index (χ0v) is 12.1. The summed E-state index contributed by atoms with van der Waals surface area (Å²) in [6.45, 7) is 0. The number of nitrogens with zero attached hydrogens (tertiary/aromatic N) is 1. The number of benzene rings is 1. The van der Waals surface area contributed by atoms with Crippen molar-refractivity contribution >= 4 is 16.7 Å². The van der Waals surface area contributed by atoms with E-state index in [4.69, 9.17) is 9.25 Å². The standard InChI is InChI=1S/C16H18FN3O2/c17-14-9-21-15-6-5-12(7-13(14)15)20-18-16(22-19-20)8-10-1-3-11(16)4-2-10/h5-7,9-11,18-19H,1-4,8H2/t10?,11?,16-/m1/s1. The first kappa shape index (κ1) is 12.9. The van der Waals surface area contributed by atoms with E-state index < -0.39 is 0 Å². The van der Waals surface area contributed by atoms with Gasteiger partial charge in [0.2, 0.25) is 0 Å². The summed E-state index contributed by atoms with van der Waals surface area (Å²) < 4.78 is 18.9. The zero-order chi connectivity index (χ0) is 14.7. The van der Waals surface area contributed by atoms with Gasteiger partial charge in [-0.05, 0) is 56.2 Å². The Labute approximate surface area is 127 Å². The Morgan fingerprint density at radius 2 is 2.09 bits per heavy atom. The molecule has 6 rings (SSSR count). The molecule has 1 aliphatic heterocycles. The van der Waals surface area contributed by atoms with Crippen LogP contribution in [0, 0.1) is 17.7 Å². The molecule has 0 radical (unpaired) electrons. The van der Waals surface area contributed by atoms with Crippen LogP contribution in [0.2, 0.25) is 0 Å². The number of nitrogens with one attached hydrogen (secondary N) is 2. The molecule has 2 aromatic rings. The van der Waals surface area contributed by atoms with Gasteiger partial charge in [-0.15, -0.1) is 0 Å². The molecule has 1 saturated heterocycles. The zero-order valence-electron chi connectivity index (χ0n) is 12.1. The van der Waals surface area contributed by atoms with Gasteiger partial charge in [0.25, 0.3) is 0 Å². The summed E-state index contributed by atoms with van der Waals surface area (Å²) in [6.07, 6.45) is 7.21. The van der Waals surface area contributed by atoms with Crippen molar-refractivity contribution in [3.63, 3.8) is 0 Å². The van der Waals surface area contributed by atoms with Gasteiger partial charge in [0.05, 0.1) is 11.1 Å². The number of hydrogen-bond acceptors (Lipinski definition) is 5. The van der Waals surface area contributed by atoms with Crippen LogP contribution < -0.4 is 16.1 Å². The molecule has 116 valence electrons. The predicted octanol–water partition coefficient (Wildman–Crippen LogP) is 3.24. The van der Waals surface area contributed by atoms with Crippen LogP contribution in [0.5, 0.6) is 0 Å². The average molecular weight is 303 g/mol. The van der Waals surface area contributed by atoms with E-state index in [9.17, 15) is 4.39 Å². The molecule has 1 aromatic heterocycles. The lowest BCUT2D eigenvalue weighted by Gasteiger charge is -2.47. The summed E-state index contributed by atoms with van der Waals surface area (Å²) in [6, 6.07) is 5.42. The van der Waals surface area contributed by atoms with Crippen molar-refractivity contribution in [2.75, 3.05) is 5.12 Å². The van der Waals surface area contributed by atoms with Gasteiger partial charge in [-0.3, -0.25) is 4.84 Å². The number of halogens is 1. The van der Waals surface area contributed by atoms with E-state index in [1.807, 2.05) is 6.07 Å². The number of anilines is 1. The van der Waals surface area contributed by atoms with Crippen molar-refractivity contribution in [2.45, 2.75) is 37.8 Å². The summed E-state index contributed by atoms with van der Waals surface area (Å²) in [5.74, 6) is 0.931. The van der Waals surface area contributed by atoms with E-state index in [2.05, 4.69) is 11.0 Å². The highest BCUT2D eigenvalue weighted by Gasteiger charge is 2.53. The summed E-state index contributed by atoms with van der Waals surface area (Å²) >= 11 is 0. The first-order chi connectivity index (χ1) is 10.7. The van der Waals surface area contributed by atoms with Crippen LogP contribution in [0.3, 0.4) is 0 Å². The van der Waals surface area contributed by atoms with Gasteiger partial charge in [0.1, 0.15) is 11.8 Å². The van der Waals surface area contributed by atoms with Crippen molar-refractivity contribution in [1.82, 2.24) is 11.0 Å². The molecule has 5 nitrogen and oxygen atoms in total. The minimum absolute atomic E-state index is 0.314. The Bertz CT molecular complexity index is 725. The van der Waals surface area contributed by atoms with Crippen LogP contribution >= 0.6 is 0 Å². The van der Waals surface area contributed by atoms with Gasteiger partial charge in [0, 0.05) is 5.92 Å². The van der Waals surface area contributed by atoms with Crippen molar-refractivity contribution in [3.05, 3.63) is 30.3 Å². The van der Waals surface area contributed by atoms with Gasteiger partial charge in [-0.25, -0.2) is 9.51 Å². The number of hydrogen-bond donors (Lipinski definition) is 2. The summed E-state index contributed by atoms with van der Waals surface area (Å²) in [7, 11) is 0. The molecule has 1 atom stereocenters. The third kappa shape index (κ3) is 1.74. The molecule has 4 aliphatic rings. The molecule has 3 aliphatic carbocycles. The van der Waals surface area contributed by atoms with Gasteiger partial charge >= 0.3 is 0 Å². The summed E-state index contributed by atoms with van der Waals surface area (Å²) in [5, 5.41) is 2.24. The maximum atomic E-state index is 13.7. The molecule has 2 N–H and O–H groups in total. The molecule has 0 amide bonds. The highest BCUT2D eigenvalue weighted by atomic mass is 19.1. The normalized spacial score (nSPS) is 34.1. The van der Waals surface area contributed by atoms with Crippen LogP contribution in [0.15, 0.2) is 28.9 Å². The van der Waals surface area contributed by atoms with E-state index in [1.165, 1.54) is 25.7 Å². The first-order valence-corrected chi connectivity index (χ1v) is 7.92. The SMILES string of the molecule is Fc1coc2ccc(N3NO[C@@]4(CC5CCC4CC5)N3)cc12. The van der Waals surface area contributed by atoms with Crippen molar-refractivity contribution in [2.24, 2.45) is 11.8 Å². The Morgan fingerprint density at radius 3 is 2.86 bits per heavy atom.